The Bertz CT molecular complexity index is 465. The van der Waals surface area contributed by atoms with E-state index in [0.29, 0.717) is 6.04 Å². The van der Waals surface area contributed by atoms with Crippen molar-refractivity contribution in [1.82, 2.24) is 10.2 Å². The molecular formula is C17H30N2O2. The van der Waals surface area contributed by atoms with Crippen LogP contribution in [0.4, 0.5) is 0 Å². The lowest BCUT2D eigenvalue weighted by Gasteiger charge is -2.41. The molecule has 1 saturated heterocycles. The van der Waals surface area contributed by atoms with Gasteiger partial charge in [0.05, 0.1) is 24.8 Å². The maximum absolute atomic E-state index is 6.03. The lowest BCUT2D eigenvalue weighted by molar-refractivity contribution is -0.131. The molecule has 0 saturated carbocycles. The predicted molar refractivity (Wildman–Crippen MR) is 85.3 cm³/mol. The summed E-state index contributed by atoms with van der Waals surface area (Å²) in [4.78, 5) is 2.42. The first-order valence-corrected chi connectivity index (χ1v) is 7.97. The summed E-state index contributed by atoms with van der Waals surface area (Å²) in [5.41, 5.74) is 1.15. The van der Waals surface area contributed by atoms with Crippen LogP contribution in [0.1, 0.15) is 51.7 Å². The van der Waals surface area contributed by atoms with Crippen LogP contribution >= 0.6 is 0 Å². The first-order chi connectivity index (χ1) is 9.75. The molecule has 1 aliphatic rings. The van der Waals surface area contributed by atoms with Crippen molar-refractivity contribution >= 4 is 0 Å². The van der Waals surface area contributed by atoms with Gasteiger partial charge in [0.1, 0.15) is 11.5 Å². The van der Waals surface area contributed by atoms with E-state index < -0.39 is 0 Å². The molecule has 1 fully saturated rings. The minimum atomic E-state index is -0.0820. The highest BCUT2D eigenvalue weighted by molar-refractivity contribution is 5.20. The molecule has 21 heavy (non-hydrogen) atoms. The number of morpholine rings is 1. The van der Waals surface area contributed by atoms with Crippen LogP contribution in [-0.4, -0.2) is 35.7 Å². The van der Waals surface area contributed by atoms with Gasteiger partial charge in [0.25, 0.3) is 0 Å². The quantitative estimate of drug-likeness (QED) is 0.905. The molecule has 1 aromatic heterocycles. The number of nitrogens with zero attached hydrogens (tertiary/aromatic N) is 1. The Kier molecular flexibility index (Phi) is 5.12. The molecule has 2 heterocycles. The lowest BCUT2D eigenvalue weighted by atomic mass is 10.1. The molecule has 1 atom stereocenters. The first-order valence-electron chi connectivity index (χ1n) is 7.97. The van der Waals surface area contributed by atoms with Gasteiger partial charge in [0.15, 0.2) is 0 Å². The standard InChI is InChI=1S/C17H30N2O2/c1-12(2)18-8-16-13(3)7-15(20-16)10-19-9-14(4)21-17(5,6)11-19/h7,12,14,18H,8-11H2,1-6H3. The zero-order valence-electron chi connectivity index (χ0n) is 14.3. The summed E-state index contributed by atoms with van der Waals surface area (Å²) in [6, 6.07) is 2.64. The number of rotatable bonds is 5. The topological polar surface area (TPSA) is 37.6 Å². The van der Waals surface area contributed by atoms with Crippen molar-refractivity contribution in [3.05, 3.63) is 23.2 Å². The summed E-state index contributed by atoms with van der Waals surface area (Å²) in [6.07, 6.45) is 0.270. The first kappa shape index (κ1) is 16.5. The van der Waals surface area contributed by atoms with Crippen molar-refractivity contribution in [2.45, 2.75) is 72.4 Å². The Balaban J connectivity index is 1.98. The molecule has 1 aliphatic heterocycles. The van der Waals surface area contributed by atoms with Crippen molar-refractivity contribution < 1.29 is 9.15 Å². The SMILES string of the molecule is Cc1cc(CN2CC(C)OC(C)(C)C2)oc1CNC(C)C. The Morgan fingerprint density at radius 3 is 2.76 bits per heavy atom. The van der Waals surface area contributed by atoms with Gasteiger partial charge in [-0.3, -0.25) is 4.90 Å². The van der Waals surface area contributed by atoms with Crippen LogP contribution in [0.5, 0.6) is 0 Å². The summed E-state index contributed by atoms with van der Waals surface area (Å²) in [5, 5.41) is 3.41. The van der Waals surface area contributed by atoms with Crippen LogP contribution in [0.2, 0.25) is 0 Å². The Morgan fingerprint density at radius 1 is 1.43 bits per heavy atom. The van der Waals surface area contributed by atoms with Gasteiger partial charge in [-0.2, -0.15) is 0 Å². The van der Waals surface area contributed by atoms with E-state index in [1.165, 1.54) is 5.56 Å². The highest BCUT2D eigenvalue weighted by atomic mass is 16.5. The van der Waals surface area contributed by atoms with E-state index in [0.717, 1.165) is 37.7 Å². The molecule has 0 amide bonds. The van der Waals surface area contributed by atoms with Crippen molar-refractivity contribution in [3.63, 3.8) is 0 Å². The normalized spacial score (nSPS) is 22.9. The molecule has 0 aliphatic carbocycles. The molecule has 1 aromatic rings. The molecule has 1 N–H and O–H groups in total. The summed E-state index contributed by atoms with van der Waals surface area (Å²) in [7, 11) is 0. The minimum Gasteiger partial charge on any atom is -0.463 e. The summed E-state index contributed by atoms with van der Waals surface area (Å²) >= 11 is 0. The second-order valence-corrected chi connectivity index (χ2v) is 7.21. The molecule has 4 nitrogen and oxygen atoms in total. The van der Waals surface area contributed by atoms with Gasteiger partial charge in [0, 0.05) is 19.1 Å². The fourth-order valence-corrected chi connectivity index (χ4v) is 3.07. The van der Waals surface area contributed by atoms with Crippen LogP contribution in [0.25, 0.3) is 0 Å². The lowest BCUT2D eigenvalue weighted by Crippen LogP contribution is -2.51. The number of nitrogens with one attached hydrogen (secondary N) is 1. The number of ether oxygens (including phenoxy) is 1. The third kappa shape index (κ3) is 4.83. The van der Waals surface area contributed by atoms with E-state index in [2.05, 4.69) is 57.8 Å². The second kappa shape index (κ2) is 6.51. The van der Waals surface area contributed by atoms with E-state index in [1.807, 2.05) is 0 Å². The van der Waals surface area contributed by atoms with Crippen LogP contribution in [0.3, 0.4) is 0 Å². The average molecular weight is 294 g/mol. The van der Waals surface area contributed by atoms with Crippen LogP contribution in [0.15, 0.2) is 10.5 Å². The van der Waals surface area contributed by atoms with Gasteiger partial charge in [-0.15, -0.1) is 0 Å². The zero-order chi connectivity index (χ0) is 15.6. The molecule has 0 radical (unpaired) electrons. The smallest absolute Gasteiger partial charge is 0.120 e. The zero-order valence-corrected chi connectivity index (χ0v) is 14.3. The van der Waals surface area contributed by atoms with E-state index in [-0.39, 0.29) is 11.7 Å². The Labute approximate surface area is 128 Å². The molecule has 1 unspecified atom stereocenters. The number of hydrogen-bond acceptors (Lipinski definition) is 4. The number of hydrogen-bond donors (Lipinski definition) is 1. The van der Waals surface area contributed by atoms with E-state index >= 15 is 0 Å². The van der Waals surface area contributed by atoms with Crippen LogP contribution in [0, 0.1) is 6.92 Å². The fraction of sp³-hybridized carbons (Fsp3) is 0.765. The van der Waals surface area contributed by atoms with Gasteiger partial charge in [-0.25, -0.2) is 0 Å². The summed E-state index contributed by atoms with van der Waals surface area (Å²) < 4.78 is 12.0. The van der Waals surface area contributed by atoms with Crippen molar-refractivity contribution in [1.29, 1.82) is 0 Å². The monoisotopic (exact) mass is 294 g/mol. The minimum absolute atomic E-state index is 0.0820. The molecule has 0 spiro atoms. The largest absolute Gasteiger partial charge is 0.463 e. The van der Waals surface area contributed by atoms with Gasteiger partial charge < -0.3 is 14.5 Å². The van der Waals surface area contributed by atoms with Crippen molar-refractivity contribution in [2.24, 2.45) is 0 Å². The third-order valence-corrected chi connectivity index (χ3v) is 3.76. The summed E-state index contributed by atoms with van der Waals surface area (Å²) in [5.74, 6) is 2.11. The Hall–Kier alpha value is -0.840. The Morgan fingerprint density at radius 2 is 2.14 bits per heavy atom. The van der Waals surface area contributed by atoms with Crippen molar-refractivity contribution in [2.75, 3.05) is 13.1 Å². The maximum atomic E-state index is 6.03. The average Bonchev–Trinajstić information content (AvgIpc) is 2.64. The maximum Gasteiger partial charge on any atom is 0.120 e. The second-order valence-electron chi connectivity index (χ2n) is 7.21. The van der Waals surface area contributed by atoms with Crippen LogP contribution < -0.4 is 5.32 Å². The molecule has 120 valence electrons. The number of aryl methyl sites for hydroxylation is 1. The van der Waals surface area contributed by atoms with E-state index in [4.69, 9.17) is 9.15 Å². The van der Waals surface area contributed by atoms with Crippen LogP contribution in [-0.2, 0) is 17.8 Å². The summed E-state index contributed by atoms with van der Waals surface area (Å²) in [6.45, 7) is 16.4. The fourth-order valence-electron chi connectivity index (χ4n) is 3.07. The van der Waals surface area contributed by atoms with E-state index in [9.17, 15) is 0 Å². The van der Waals surface area contributed by atoms with Gasteiger partial charge >= 0.3 is 0 Å². The predicted octanol–water partition coefficient (Wildman–Crippen LogP) is 3.09. The molecule has 4 heteroatoms. The molecular weight excluding hydrogens is 264 g/mol. The molecule has 0 bridgehead atoms. The van der Waals surface area contributed by atoms with Crippen molar-refractivity contribution in [3.8, 4) is 0 Å². The van der Waals surface area contributed by atoms with Gasteiger partial charge in [-0.05, 0) is 39.3 Å². The number of furan rings is 1. The highest BCUT2D eigenvalue weighted by Gasteiger charge is 2.31. The molecule has 2 rings (SSSR count). The molecule has 0 aromatic carbocycles. The third-order valence-electron chi connectivity index (χ3n) is 3.76. The van der Waals surface area contributed by atoms with Gasteiger partial charge in [-0.1, -0.05) is 13.8 Å². The van der Waals surface area contributed by atoms with Gasteiger partial charge in [0.2, 0.25) is 0 Å². The van der Waals surface area contributed by atoms with E-state index in [1.54, 1.807) is 0 Å². The highest BCUT2D eigenvalue weighted by Crippen LogP contribution is 2.23.